The molecule has 1 aromatic heterocycles. The Bertz CT molecular complexity index is 291. The Morgan fingerprint density at radius 3 is 2.67 bits per heavy atom. The Morgan fingerprint density at radius 2 is 2.13 bits per heavy atom. The molecule has 0 unspecified atom stereocenters. The molecule has 0 atom stereocenters. The zero-order valence-corrected chi connectivity index (χ0v) is 9.35. The van der Waals surface area contributed by atoms with E-state index in [1.54, 1.807) is 6.20 Å². The largest absolute Gasteiger partial charge is 0.356 e. The van der Waals surface area contributed by atoms with E-state index < -0.39 is 0 Å². The maximum atomic E-state index is 4.15. The lowest BCUT2D eigenvalue weighted by molar-refractivity contribution is 0.249. The van der Waals surface area contributed by atoms with E-state index >= 15 is 0 Å². The number of hydrogen-bond donors (Lipinski definition) is 0. The van der Waals surface area contributed by atoms with Crippen LogP contribution in [0.1, 0.15) is 12.8 Å². The van der Waals surface area contributed by atoms with Gasteiger partial charge in [-0.25, -0.2) is 9.97 Å². The lowest BCUT2D eigenvalue weighted by Gasteiger charge is -2.35. The molecule has 0 spiro atoms. The summed E-state index contributed by atoms with van der Waals surface area (Å²) in [6.07, 6.45) is 6.80. The molecule has 1 aromatic rings. The third-order valence-corrected chi connectivity index (χ3v) is 3.04. The number of aromatic nitrogens is 2. The van der Waals surface area contributed by atoms with Crippen molar-refractivity contribution < 1.29 is 0 Å². The first kappa shape index (κ1) is 10.4. The summed E-state index contributed by atoms with van der Waals surface area (Å²) in [5.41, 5.74) is 0. The second-order valence-electron chi connectivity index (χ2n) is 4.20. The third kappa shape index (κ3) is 2.45. The molecule has 1 aliphatic heterocycles. The molecule has 1 radical (unpaired) electrons. The van der Waals surface area contributed by atoms with Crippen molar-refractivity contribution in [2.75, 3.05) is 32.1 Å². The highest BCUT2D eigenvalue weighted by Crippen LogP contribution is 2.18. The average Bonchev–Trinajstić information content (AvgIpc) is 2.30. The van der Waals surface area contributed by atoms with Crippen molar-refractivity contribution in [3.05, 3.63) is 18.6 Å². The monoisotopic (exact) mass is 205 g/mol. The van der Waals surface area contributed by atoms with Crippen LogP contribution in [0.2, 0.25) is 0 Å². The molecule has 0 aliphatic carbocycles. The Balaban J connectivity index is 1.94. The highest BCUT2D eigenvalue weighted by Gasteiger charge is 2.20. The fourth-order valence-electron chi connectivity index (χ4n) is 2.04. The van der Waals surface area contributed by atoms with Crippen molar-refractivity contribution in [2.45, 2.75) is 18.9 Å². The highest BCUT2D eigenvalue weighted by molar-refractivity contribution is 5.36. The van der Waals surface area contributed by atoms with Crippen LogP contribution >= 0.6 is 0 Å². The van der Waals surface area contributed by atoms with Gasteiger partial charge in [0.05, 0.1) is 0 Å². The predicted molar refractivity (Wildman–Crippen MR) is 59.8 cm³/mol. The van der Waals surface area contributed by atoms with Gasteiger partial charge in [0.1, 0.15) is 5.82 Å². The van der Waals surface area contributed by atoms with Gasteiger partial charge in [0.25, 0.3) is 0 Å². The van der Waals surface area contributed by atoms with E-state index in [-0.39, 0.29) is 0 Å². The first-order chi connectivity index (χ1) is 7.27. The maximum Gasteiger partial charge on any atom is 0.199 e. The van der Waals surface area contributed by atoms with Crippen LogP contribution in [-0.2, 0) is 0 Å². The van der Waals surface area contributed by atoms with Gasteiger partial charge in [-0.15, -0.1) is 0 Å². The lowest BCUT2D eigenvalue weighted by Crippen LogP contribution is -2.42. The van der Waals surface area contributed by atoms with Crippen molar-refractivity contribution in [3.8, 4) is 0 Å². The van der Waals surface area contributed by atoms with E-state index in [2.05, 4.69) is 40.2 Å². The molecule has 0 N–H and O–H groups in total. The zero-order valence-electron chi connectivity index (χ0n) is 9.35. The van der Waals surface area contributed by atoms with Crippen LogP contribution in [0.25, 0.3) is 0 Å². The van der Waals surface area contributed by atoms with Gasteiger partial charge in [-0.3, -0.25) is 0 Å². The summed E-state index contributed by atoms with van der Waals surface area (Å²) in [7, 11) is 4.30. The van der Waals surface area contributed by atoms with Gasteiger partial charge >= 0.3 is 0 Å². The second kappa shape index (κ2) is 4.57. The van der Waals surface area contributed by atoms with Gasteiger partial charge in [-0.05, 0) is 33.0 Å². The summed E-state index contributed by atoms with van der Waals surface area (Å²) < 4.78 is 0. The topological polar surface area (TPSA) is 32.3 Å². The minimum atomic E-state index is 0.715. The van der Waals surface area contributed by atoms with Crippen LogP contribution < -0.4 is 4.90 Å². The molecule has 0 bridgehead atoms. The SMILES string of the molecule is CN(C)C1CCN(c2ccn[c]n2)CC1. The van der Waals surface area contributed by atoms with E-state index in [0.29, 0.717) is 6.04 Å². The fraction of sp³-hybridized carbons (Fsp3) is 0.636. The summed E-state index contributed by atoms with van der Waals surface area (Å²) >= 11 is 0. The van der Waals surface area contributed by atoms with E-state index in [9.17, 15) is 0 Å². The summed E-state index contributed by atoms with van der Waals surface area (Å²) in [6, 6.07) is 2.67. The van der Waals surface area contributed by atoms with Crippen molar-refractivity contribution in [3.63, 3.8) is 0 Å². The molecule has 1 saturated heterocycles. The Kier molecular flexibility index (Phi) is 3.16. The molecule has 1 aliphatic rings. The Labute approximate surface area is 90.9 Å². The molecular weight excluding hydrogens is 188 g/mol. The zero-order chi connectivity index (χ0) is 10.7. The van der Waals surface area contributed by atoms with Crippen molar-refractivity contribution in [2.24, 2.45) is 0 Å². The van der Waals surface area contributed by atoms with Crippen LogP contribution in [-0.4, -0.2) is 48.1 Å². The molecule has 2 heterocycles. The van der Waals surface area contributed by atoms with Crippen LogP contribution in [0.4, 0.5) is 5.82 Å². The van der Waals surface area contributed by atoms with Gasteiger partial charge in [-0.2, -0.15) is 0 Å². The molecule has 81 valence electrons. The quantitative estimate of drug-likeness (QED) is 0.715. The molecule has 0 aromatic carbocycles. The first-order valence-corrected chi connectivity index (χ1v) is 5.38. The fourth-order valence-corrected chi connectivity index (χ4v) is 2.04. The highest BCUT2D eigenvalue weighted by atomic mass is 15.2. The number of hydrogen-bond acceptors (Lipinski definition) is 4. The van der Waals surface area contributed by atoms with Crippen LogP contribution in [0.5, 0.6) is 0 Å². The predicted octanol–water partition coefficient (Wildman–Crippen LogP) is 0.807. The van der Waals surface area contributed by atoms with E-state index in [0.717, 1.165) is 18.9 Å². The molecule has 2 rings (SSSR count). The van der Waals surface area contributed by atoms with E-state index in [1.807, 2.05) is 6.07 Å². The Morgan fingerprint density at radius 1 is 1.40 bits per heavy atom. The first-order valence-electron chi connectivity index (χ1n) is 5.38. The standard InChI is InChI=1S/C11H17N4/c1-14(2)10-4-7-15(8-5-10)11-3-6-12-9-13-11/h3,6,10H,4-5,7-8H2,1-2H3. The molecule has 1 fully saturated rings. The molecule has 0 saturated carbocycles. The van der Waals surface area contributed by atoms with Crippen molar-refractivity contribution in [1.29, 1.82) is 0 Å². The minimum absolute atomic E-state index is 0.715. The molecule has 4 heteroatoms. The normalized spacial score (nSPS) is 18.5. The number of anilines is 1. The maximum absolute atomic E-state index is 4.15. The summed E-state index contributed by atoms with van der Waals surface area (Å²) in [5, 5.41) is 0. The molecule has 4 nitrogen and oxygen atoms in total. The van der Waals surface area contributed by atoms with E-state index in [4.69, 9.17) is 0 Å². The Hall–Kier alpha value is -1.16. The molecular formula is C11H17N4. The van der Waals surface area contributed by atoms with Gasteiger partial charge in [0, 0.05) is 25.3 Å². The van der Waals surface area contributed by atoms with Crippen LogP contribution in [0.15, 0.2) is 12.3 Å². The van der Waals surface area contributed by atoms with Crippen LogP contribution in [0.3, 0.4) is 0 Å². The average molecular weight is 205 g/mol. The summed E-state index contributed by atoms with van der Waals surface area (Å²) in [5.74, 6) is 1.00. The van der Waals surface area contributed by atoms with Crippen molar-refractivity contribution in [1.82, 2.24) is 14.9 Å². The number of nitrogens with zero attached hydrogens (tertiary/aromatic N) is 4. The third-order valence-electron chi connectivity index (χ3n) is 3.04. The smallest absolute Gasteiger partial charge is 0.199 e. The van der Waals surface area contributed by atoms with Gasteiger partial charge in [-0.1, -0.05) is 0 Å². The van der Waals surface area contributed by atoms with Gasteiger partial charge < -0.3 is 9.80 Å². The van der Waals surface area contributed by atoms with E-state index in [1.165, 1.54) is 12.8 Å². The second-order valence-corrected chi connectivity index (χ2v) is 4.20. The molecule has 15 heavy (non-hydrogen) atoms. The number of rotatable bonds is 2. The lowest BCUT2D eigenvalue weighted by atomic mass is 10.0. The van der Waals surface area contributed by atoms with Gasteiger partial charge in [0.2, 0.25) is 0 Å². The summed E-state index contributed by atoms with van der Waals surface area (Å²) in [6.45, 7) is 2.15. The van der Waals surface area contributed by atoms with Crippen molar-refractivity contribution >= 4 is 5.82 Å². The number of piperidine rings is 1. The molecule has 0 amide bonds. The van der Waals surface area contributed by atoms with Gasteiger partial charge in [0.15, 0.2) is 6.33 Å². The summed E-state index contributed by atoms with van der Waals surface area (Å²) in [4.78, 5) is 12.6. The van der Waals surface area contributed by atoms with Crippen LogP contribution in [0, 0.1) is 6.33 Å². The minimum Gasteiger partial charge on any atom is -0.356 e.